The number of nitrogens with zero attached hydrogens (tertiary/aromatic N) is 3. The number of aromatic nitrogens is 2. The van der Waals surface area contributed by atoms with Crippen LogP contribution in [0.5, 0.6) is 0 Å². The first-order chi connectivity index (χ1) is 6.38. The molecule has 5 nitrogen and oxygen atoms in total. The smallest absolute Gasteiger partial charge is 0.153 e. The number of hydrogen-bond acceptors (Lipinski definition) is 5. The molecule has 2 heterocycles. The van der Waals surface area contributed by atoms with Crippen LogP contribution in [0.15, 0.2) is 17.4 Å². The van der Waals surface area contributed by atoms with E-state index >= 15 is 0 Å². The summed E-state index contributed by atoms with van der Waals surface area (Å²) in [6.07, 6.45) is 4.25. The largest absolute Gasteiger partial charge is 0.382 e. The lowest BCUT2D eigenvalue weighted by Crippen LogP contribution is -2.31. The highest BCUT2D eigenvalue weighted by Crippen LogP contribution is 2.05. The Labute approximate surface area is 76.1 Å². The highest BCUT2D eigenvalue weighted by atomic mass is 15.1. The SMILES string of the molecule is Nc1nccnc1C1=NCCCN1. The van der Waals surface area contributed by atoms with Crippen molar-refractivity contribution in [3.8, 4) is 0 Å². The molecule has 0 bridgehead atoms. The Balaban J connectivity index is 2.34. The van der Waals surface area contributed by atoms with Crippen LogP contribution in [-0.2, 0) is 0 Å². The Kier molecular flexibility index (Phi) is 2.08. The van der Waals surface area contributed by atoms with Crippen LogP contribution in [0, 0.1) is 0 Å². The van der Waals surface area contributed by atoms with Gasteiger partial charge in [0.2, 0.25) is 0 Å². The molecule has 1 aliphatic rings. The summed E-state index contributed by atoms with van der Waals surface area (Å²) in [6.45, 7) is 1.76. The third-order valence-electron chi connectivity index (χ3n) is 1.85. The monoisotopic (exact) mass is 177 g/mol. The summed E-state index contributed by atoms with van der Waals surface area (Å²) in [4.78, 5) is 12.4. The van der Waals surface area contributed by atoms with Crippen LogP contribution >= 0.6 is 0 Å². The molecular formula is C8H11N5. The van der Waals surface area contributed by atoms with E-state index in [1.54, 1.807) is 12.4 Å². The molecule has 0 aliphatic carbocycles. The standard InChI is InChI=1S/C8H11N5/c9-7-6(10-4-5-11-7)8-12-2-1-3-13-8/h4-5H,1-3H2,(H2,9,11)(H,12,13). The summed E-state index contributed by atoms with van der Waals surface area (Å²) in [5, 5.41) is 3.14. The average molecular weight is 177 g/mol. The molecule has 1 aromatic rings. The molecule has 5 heteroatoms. The second-order valence-electron chi connectivity index (χ2n) is 2.80. The van der Waals surface area contributed by atoms with Gasteiger partial charge in [-0.25, -0.2) is 9.97 Å². The number of anilines is 1. The number of amidine groups is 1. The molecule has 68 valence electrons. The van der Waals surface area contributed by atoms with Gasteiger partial charge in [0.25, 0.3) is 0 Å². The number of nitrogen functional groups attached to an aromatic ring is 1. The van der Waals surface area contributed by atoms with E-state index in [9.17, 15) is 0 Å². The summed E-state index contributed by atoms with van der Waals surface area (Å²) in [5.41, 5.74) is 6.31. The zero-order valence-corrected chi connectivity index (χ0v) is 7.20. The van der Waals surface area contributed by atoms with Gasteiger partial charge >= 0.3 is 0 Å². The normalized spacial score (nSPS) is 16.2. The molecule has 0 spiro atoms. The predicted octanol–water partition coefficient (Wildman–Crippen LogP) is -0.201. The highest BCUT2D eigenvalue weighted by molar-refractivity contribution is 6.00. The van der Waals surface area contributed by atoms with E-state index < -0.39 is 0 Å². The van der Waals surface area contributed by atoms with Crippen LogP contribution in [-0.4, -0.2) is 28.9 Å². The third kappa shape index (κ3) is 1.58. The van der Waals surface area contributed by atoms with Crippen molar-refractivity contribution in [2.75, 3.05) is 18.8 Å². The van der Waals surface area contributed by atoms with Crippen LogP contribution < -0.4 is 11.1 Å². The maximum Gasteiger partial charge on any atom is 0.153 e. The van der Waals surface area contributed by atoms with Crippen LogP contribution in [0.25, 0.3) is 0 Å². The zero-order valence-electron chi connectivity index (χ0n) is 7.20. The van der Waals surface area contributed by atoms with E-state index in [1.165, 1.54) is 0 Å². The van der Waals surface area contributed by atoms with Crippen LogP contribution in [0.4, 0.5) is 5.82 Å². The van der Waals surface area contributed by atoms with E-state index in [-0.39, 0.29) is 0 Å². The molecule has 0 aromatic carbocycles. The maximum atomic E-state index is 5.66. The topological polar surface area (TPSA) is 76.2 Å². The van der Waals surface area contributed by atoms with Crippen molar-refractivity contribution in [2.45, 2.75) is 6.42 Å². The Hall–Kier alpha value is -1.65. The second-order valence-corrected chi connectivity index (χ2v) is 2.80. The minimum Gasteiger partial charge on any atom is -0.382 e. The Morgan fingerprint density at radius 2 is 2.15 bits per heavy atom. The number of aliphatic imine (C=N–C) groups is 1. The molecule has 3 N–H and O–H groups in total. The quantitative estimate of drug-likeness (QED) is 0.622. The second kappa shape index (κ2) is 3.38. The highest BCUT2D eigenvalue weighted by Gasteiger charge is 2.11. The fourth-order valence-electron chi connectivity index (χ4n) is 1.22. The summed E-state index contributed by atoms with van der Waals surface area (Å²) in [6, 6.07) is 0. The van der Waals surface area contributed by atoms with E-state index in [2.05, 4.69) is 20.3 Å². The first-order valence-electron chi connectivity index (χ1n) is 4.23. The van der Waals surface area contributed by atoms with Gasteiger partial charge in [-0.3, -0.25) is 4.99 Å². The summed E-state index contributed by atoms with van der Waals surface area (Å²) < 4.78 is 0. The Bertz CT molecular complexity index is 333. The van der Waals surface area contributed by atoms with Crippen molar-refractivity contribution < 1.29 is 0 Å². The lowest BCUT2D eigenvalue weighted by atomic mass is 10.3. The molecule has 1 aliphatic heterocycles. The lowest BCUT2D eigenvalue weighted by Gasteiger charge is -2.14. The summed E-state index contributed by atoms with van der Waals surface area (Å²) >= 11 is 0. The van der Waals surface area contributed by atoms with Crippen molar-refractivity contribution in [3.63, 3.8) is 0 Å². The number of nitrogens with one attached hydrogen (secondary N) is 1. The lowest BCUT2D eigenvalue weighted by molar-refractivity contribution is 0.740. The molecule has 0 saturated carbocycles. The van der Waals surface area contributed by atoms with Gasteiger partial charge in [-0.2, -0.15) is 0 Å². The minimum atomic E-state index is 0.427. The van der Waals surface area contributed by atoms with Gasteiger partial charge in [0.15, 0.2) is 11.7 Å². The molecule has 0 amide bonds. The van der Waals surface area contributed by atoms with E-state index in [0.717, 1.165) is 25.3 Å². The Morgan fingerprint density at radius 1 is 1.31 bits per heavy atom. The molecule has 0 radical (unpaired) electrons. The number of hydrogen-bond donors (Lipinski definition) is 2. The van der Waals surface area contributed by atoms with Gasteiger partial charge in [-0.15, -0.1) is 0 Å². The molecule has 2 rings (SSSR count). The molecule has 0 saturated heterocycles. The van der Waals surface area contributed by atoms with E-state index in [4.69, 9.17) is 5.73 Å². The Morgan fingerprint density at radius 3 is 2.85 bits per heavy atom. The van der Waals surface area contributed by atoms with Crippen LogP contribution in [0.2, 0.25) is 0 Å². The van der Waals surface area contributed by atoms with Crippen molar-refractivity contribution in [1.82, 2.24) is 15.3 Å². The van der Waals surface area contributed by atoms with Gasteiger partial charge in [-0.05, 0) is 6.42 Å². The fraction of sp³-hybridized carbons (Fsp3) is 0.375. The molecular weight excluding hydrogens is 166 g/mol. The van der Waals surface area contributed by atoms with Crippen molar-refractivity contribution in [1.29, 1.82) is 0 Å². The minimum absolute atomic E-state index is 0.427. The number of nitrogens with two attached hydrogens (primary N) is 1. The molecule has 0 unspecified atom stereocenters. The zero-order chi connectivity index (χ0) is 9.10. The molecule has 13 heavy (non-hydrogen) atoms. The van der Waals surface area contributed by atoms with Gasteiger partial charge in [-0.1, -0.05) is 0 Å². The molecule has 0 fully saturated rings. The first kappa shape index (κ1) is 7.97. The average Bonchev–Trinajstić information content (AvgIpc) is 2.20. The van der Waals surface area contributed by atoms with Gasteiger partial charge < -0.3 is 11.1 Å². The van der Waals surface area contributed by atoms with E-state index in [1.807, 2.05) is 0 Å². The maximum absolute atomic E-state index is 5.66. The molecule has 0 atom stereocenters. The first-order valence-corrected chi connectivity index (χ1v) is 4.23. The fourth-order valence-corrected chi connectivity index (χ4v) is 1.22. The number of rotatable bonds is 1. The van der Waals surface area contributed by atoms with Crippen molar-refractivity contribution >= 4 is 11.7 Å². The third-order valence-corrected chi connectivity index (χ3v) is 1.85. The van der Waals surface area contributed by atoms with Crippen molar-refractivity contribution in [3.05, 3.63) is 18.1 Å². The van der Waals surface area contributed by atoms with Gasteiger partial charge in [0.05, 0.1) is 0 Å². The summed E-state index contributed by atoms with van der Waals surface area (Å²) in [7, 11) is 0. The van der Waals surface area contributed by atoms with Crippen molar-refractivity contribution in [2.24, 2.45) is 4.99 Å². The van der Waals surface area contributed by atoms with Crippen LogP contribution in [0.3, 0.4) is 0 Å². The predicted molar refractivity (Wildman–Crippen MR) is 50.5 cm³/mol. The van der Waals surface area contributed by atoms with Gasteiger partial charge in [0, 0.05) is 25.5 Å². The van der Waals surface area contributed by atoms with E-state index in [0.29, 0.717) is 11.5 Å². The summed E-state index contributed by atoms with van der Waals surface area (Å²) in [5.74, 6) is 1.19. The van der Waals surface area contributed by atoms with Gasteiger partial charge in [0.1, 0.15) is 5.69 Å². The molecule has 1 aromatic heterocycles. The van der Waals surface area contributed by atoms with Crippen LogP contribution in [0.1, 0.15) is 12.1 Å².